The van der Waals surface area contributed by atoms with E-state index in [1.165, 1.54) is 33.6 Å². The Balaban J connectivity index is 4.47. The van der Waals surface area contributed by atoms with Crippen molar-refractivity contribution in [2.24, 2.45) is 5.92 Å². The van der Waals surface area contributed by atoms with E-state index in [9.17, 15) is 14.4 Å². The molecule has 1 unspecified atom stereocenters. The van der Waals surface area contributed by atoms with E-state index < -0.39 is 5.92 Å². The van der Waals surface area contributed by atoms with Crippen LogP contribution in [0.4, 0.5) is 0 Å². The zero-order chi connectivity index (χ0) is 14.8. The minimum absolute atomic E-state index is 0.167. The smallest absolute Gasteiger partial charge is 0.217 e. The molecule has 0 rings (SSSR count). The molecular weight excluding hydrogens is 242 g/mol. The molecule has 0 aromatic carbocycles. The van der Waals surface area contributed by atoms with Crippen molar-refractivity contribution in [3.05, 3.63) is 0 Å². The van der Waals surface area contributed by atoms with Gasteiger partial charge in [-0.2, -0.15) is 0 Å². The number of rotatable bonds is 10. The fraction of sp³-hybridized carbons (Fsp3) is 0.800. The molecule has 0 aromatic heterocycles. The Bertz CT molecular complexity index is 299. The average molecular weight is 269 g/mol. The number of carbonyl (C=O) groups excluding carboxylic acids is 3. The standard InChI is InChI=1S/C15H27NO3/c1-5-6-7-8-9-10-14(16-13(4)19)15(11(2)17)12(3)18/h14-15H,5-10H2,1-4H3,(H,16,19). The summed E-state index contributed by atoms with van der Waals surface area (Å²) in [7, 11) is 0. The topological polar surface area (TPSA) is 63.2 Å². The van der Waals surface area contributed by atoms with Gasteiger partial charge in [-0.1, -0.05) is 39.0 Å². The van der Waals surface area contributed by atoms with Gasteiger partial charge in [-0.3, -0.25) is 14.4 Å². The van der Waals surface area contributed by atoms with E-state index in [0.29, 0.717) is 6.42 Å². The highest BCUT2D eigenvalue weighted by Gasteiger charge is 2.29. The number of ketones is 2. The minimum atomic E-state index is -0.699. The Hall–Kier alpha value is -1.19. The number of amides is 1. The van der Waals surface area contributed by atoms with E-state index in [1.54, 1.807) is 0 Å². The molecule has 0 radical (unpaired) electrons. The molecule has 4 nitrogen and oxygen atoms in total. The molecule has 0 heterocycles. The van der Waals surface area contributed by atoms with E-state index in [1.807, 2.05) is 0 Å². The normalized spacial score (nSPS) is 12.3. The summed E-state index contributed by atoms with van der Waals surface area (Å²) in [5.74, 6) is -1.22. The fourth-order valence-corrected chi connectivity index (χ4v) is 2.40. The van der Waals surface area contributed by atoms with Crippen molar-refractivity contribution in [1.29, 1.82) is 0 Å². The highest BCUT2D eigenvalue weighted by molar-refractivity contribution is 6.01. The Kier molecular flexibility index (Phi) is 9.09. The highest BCUT2D eigenvalue weighted by Crippen LogP contribution is 2.15. The van der Waals surface area contributed by atoms with Crippen LogP contribution in [-0.2, 0) is 14.4 Å². The maximum absolute atomic E-state index is 11.6. The molecule has 1 atom stereocenters. The van der Waals surface area contributed by atoms with Gasteiger partial charge in [-0.15, -0.1) is 0 Å². The second-order valence-corrected chi connectivity index (χ2v) is 5.21. The SMILES string of the molecule is CCCCCCCC(NC(C)=O)C(C(C)=O)C(C)=O. The molecule has 0 spiro atoms. The summed E-state index contributed by atoms with van der Waals surface area (Å²) in [5, 5.41) is 2.75. The van der Waals surface area contributed by atoms with Crippen LogP contribution in [0, 0.1) is 5.92 Å². The van der Waals surface area contributed by atoms with Gasteiger partial charge in [-0.05, 0) is 20.3 Å². The molecular formula is C15H27NO3. The molecule has 1 amide bonds. The maximum Gasteiger partial charge on any atom is 0.217 e. The first-order chi connectivity index (χ1) is 8.90. The van der Waals surface area contributed by atoms with E-state index in [-0.39, 0.29) is 23.5 Å². The van der Waals surface area contributed by atoms with Gasteiger partial charge in [0.05, 0.1) is 5.92 Å². The molecule has 19 heavy (non-hydrogen) atoms. The molecule has 110 valence electrons. The van der Waals surface area contributed by atoms with Crippen LogP contribution in [0.5, 0.6) is 0 Å². The molecule has 0 saturated carbocycles. The first kappa shape index (κ1) is 17.8. The second kappa shape index (κ2) is 9.70. The van der Waals surface area contributed by atoms with Crippen LogP contribution >= 0.6 is 0 Å². The van der Waals surface area contributed by atoms with Crippen molar-refractivity contribution < 1.29 is 14.4 Å². The van der Waals surface area contributed by atoms with Gasteiger partial charge in [0.1, 0.15) is 11.6 Å². The summed E-state index contributed by atoms with van der Waals surface area (Å²) in [6.45, 7) is 6.40. The second-order valence-electron chi connectivity index (χ2n) is 5.21. The van der Waals surface area contributed by atoms with E-state index in [2.05, 4.69) is 12.2 Å². The van der Waals surface area contributed by atoms with Crippen LogP contribution in [0.1, 0.15) is 66.2 Å². The summed E-state index contributed by atoms with van der Waals surface area (Å²) in [5.41, 5.74) is 0. The van der Waals surface area contributed by atoms with Gasteiger partial charge < -0.3 is 5.32 Å². The predicted octanol–water partition coefficient (Wildman–Crippen LogP) is 2.65. The van der Waals surface area contributed by atoms with Crippen LogP contribution in [-0.4, -0.2) is 23.5 Å². The van der Waals surface area contributed by atoms with E-state index >= 15 is 0 Å². The Labute approximate surface area is 116 Å². The molecule has 0 fully saturated rings. The van der Waals surface area contributed by atoms with Crippen molar-refractivity contribution in [2.75, 3.05) is 0 Å². The third-order valence-corrected chi connectivity index (χ3v) is 3.29. The number of carbonyl (C=O) groups is 3. The Morgan fingerprint density at radius 1 is 0.895 bits per heavy atom. The quantitative estimate of drug-likeness (QED) is 0.490. The summed E-state index contributed by atoms with van der Waals surface area (Å²) >= 11 is 0. The molecule has 1 N–H and O–H groups in total. The molecule has 4 heteroatoms. The average Bonchev–Trinajstić information content (AvgIpc) is 2.26. The third kappa shape index (κ3) is 7.75. The molecule has 0 saturated heterocycles. The first-order valence-corrected chi connectivity index (χ1v) is 7.18. The van der Waals surface area contributed by atoms with Gasteiger partial charge in [0.25, 0.3) is 0 Å². The lowest BCUT2D eigenvalue weighted by Gasteiger charge is -2.24. The molecule has 0 aliphatic heterocycles. The predicted molar refractivity (Wildman–Crippen MR) is 75.8 cm³/mol. The zero-order valence-electron chi connectivity index (χ0n) is 12.6. The summed E-state index contributed by atoms with van der Waals surface area (Å²) < 4.78 is 0. The lowest BCUT2D eigenvalue weighted by molar-refractivity contribution is -0.132. The molecule has 0 aliphatic rings. The van der Waals surface area contributed by atoms with Crippen LogP contribution in [0.3, 0.4) is 0 Å². The third-order valence-electron chi connectivity index (χ3n) is 3.29. The molecule has 0 aliphatic carbocycles. The molecule has 0 aromatic rings. The maximum atomic E-state index is 11.6. The summed E-state index contributed by atoms with van der Waals surface area (Å²) in [6.07, 6.45) is 6.24. The van der Waals surface area contributed by atoms with E-state index in [4.69, 9.17) is 0 Å². The van der Waals surface area contributed by atoms with Gasteiger partial charge in [-0.25, -0.2) is 0 Å². The Morgan fingerprint density at radius 3 is 1.84 bits per heavy atom. The van der Waals surface area contributed by atoms with Crippen LogP contribution < -0.4 is 5.32 Å². The summed E-state index contributed by atoms with van der Waals surface area (Å²) in [6, 6.07) is -0.353. The summed E-state index contributed by atoms with van der Waals surface area (Å²) in [4.78, 5) is 34.3. The van der Waals surface area contributed by atoms with Crippen LogP contribution in [0.15, 0.2) is 0 Å². The van der Waals surface area contributed by atoms with Gasteiger partial charge in [0.2, 0.25) is 5.91 Å². The number of Topliss-reactive ketones (excluding diaryl/α,β-unsaturated/α-hetero) is 2. The van der Waals surface area contributed by atoms with Crippen molar-refractivity contribution in [1.82, 2.24) is 5.32 Å². The lowest BCUT2D eigenvalue weighted by Crippen LogP contribution is -2.44. The highest BCUT2D eigenvalue weighted by atomic mass is 16.2. The zero-order valence-corrected chi connectivity index (χ0v) is 12.6. The van der Waals surface area contributed by atoms with Crippen LogP contribution in [0.2, 0.25) is 0 Å². The van der Waals surface area contributed by atoms with Crippen molar-refractivity contribution in [3.8, 4) is 0 Å². The number of unbranched alkanes of at least 4 members (excludes halogenated alkanes) is 4. The number of nitrogens with one attached hydrogen (secondary N) is 1. The number of hydrogen-bond acceptors (Lipinski definition) is 3. The van der Waals surface area contributed by atoms with Gasteiger partial charge in [0, 0.05) is 13.0 Å². The van der Waals surface area contributed by atoms with Crippen LogP contribution in [0.25, 0.3) is 0 Å². The lowest BCUT2D eigenvalue weighted by atomic mass is 9.88. The first-order valence-electron chi connectivity index (χ1n) is 7.18. The Morgan fingerprint density at radius 2 is 1.42 bits per heavy atom. The monoisotopic (exact) mass is 269 g/mol. The van der Waals surface area contributed by atoms with Crippen molar-refractivity contribution in [2.45, 2.75) is 72.3 Å². The number of hydrogen-bond donors (Lipinski definition) is 1. The molecule has 0 bridgehead atoms. The minimum Gasteiger partial charge on any atom is -0.352 e. The van der Waals surface area contributed by atoms with Gasteiger partial charge in [0.15, 0.2) is 0 Å². The van der Waals surface area contributed by atoms with E-state index in [0.717, 1.165) is 19.3 Å². The largest absolute Gasteiger partial charge is 0.352 e. The van der Waals surface area contributed by atoms with Crippen molar-refractivity contribution >= 4 is 17.5 Å². The van der Waals surface area contributed by atoms with Crippen molar-refractivity contribution in [3.63, 3.8) is 0 Å². The van der Waals surface area contributed by atoms with Gasteiger partial charge >= 0.3 is 0 Å². The fourth-order valence-electron chi connectivity index (χ4n) is 2.40.